The van der Waals surface area contributed by atoms with Gasteiger partial charge in [-0.3, -0.25) is 4.98 Å². The van der Waals surface area contributed by atoms with E-state index in [2.05, 4.69) is 17.2 Å². The third-order valence-corrected chi connectivity index (χ3v) is 3.43. The predicted molar refractivity (Wildman–Crippen MR) is 80.0 cm³/mol. The highest BCUT2D eigenvalue weighted by molar-refractivity contribution is 5.22. The Hall–Kier alpha value is -1.81. The first-order chi connectivity index (χ1) is 10.2. The van der Waals surface area contributed by atoms with Crippen LogP contribution in [0.1, 0.15) is 36.9 Å². The van der Waals surface area contributed by atoms with Crippen molar-refractivity contribution < 1.29 is 8.78 Å². The number of pyridine rings is 1. The van der Waals surface area contributed by atoms with E-state index >= 15 is 0 Å². The molecule has 0 fully saturated rings. The fourth-order valence-corrected chi connectivity index (χ4v) is 2.29. The van der Waals surface area contributed by atoms with Crippen LogP contribution in [0.15, 0.2) is 42.7 Å². The van der Waals surface area contributed by atoms with Crippen LogP contribution in [-0.2, 0) is 6.42 Å². The van der Waals surface area contributed by atoms with Crippen molar-refractivity contribution in [1.29, 1.82) is 0 Å². The molecule has 112 valence electrons. The lowest BCUT2D eigenvalue weighted by molar-refractivity contribution is 0.480. The Kier molecular flexibility index (Phi) is 5.81. The van der Waals surface area contributed by atoms with E-state index in [1.165, 1.54) is 12.1 Å². The second-order valence-electron chi connectivity index (χ2n) is 5.08. The molecule has 0 spiro atoms. The Morgan fingerprint density at radius 1 is 1.19 bits per heavy atom. The third-order valence-electron chi connectivity index (χ3n) is 3.43. The van der Waals surface area contributed by atoms with Gasteiger partial charge in [0.25, 0.3) is 0 Å². The molecule has 21 heavy (non-hydrogen) atoms. The van der Waals surface area contributed by atoms with Crippen molar-refractivity contribution in [3.8, 4) is 0 Å². The summed E-state index contributed by atoms with van der Waals surface area (Å²) in [4.78, 5) is 4.09. The van der Waals surface area contributed by atoms with Crippen LogP contribution in [0.4, 0.5) is 8.78 Å². The second kappa shape index (κ2) is 7.84. The minimum absolute atomic E-state index is 0.0141. The summed E-state index contributed by atoms with van der Waals surface area (Å²) in [6, 6.07) is 8.06. The van der Waals surface area contributed by atoms with Crippen molar-refractivity contribution in [2.45, 2.75) is 32.2 Å². The molecule has 2 nitrogen and oxygen atoms in total. The fourth-order valence-electron chi connectivity index (χ4n) is 2.29. The van der Waals surface area contributed by atoms with Crippen LogP contribution in [-0.4, -0.2) is 11.5 Å². The summed E-state index contributed by atoms with van der Waals surface area (Å²) in [5.41, 5.74) is 1.93. The number of nitrogens with zero attached hydrogens (tertiary/aromatic N) is 1. The van der Waals surface area contributed by atoms with E-state index in [9.17, 15) is 8.78 Å². The molecular formula is C17H20F2N2. The highest BCUT2D eigenvalue weighted by atomic mass is 19.2. The molecule has 0 radical (unpaired) electrons. The van der Waals surface area contributed by atoms with Gasteiger partial charge >= 0.3 is 0 Å². The molecule has 1 atom stereocenters. The maximum atomic E-state index is 13.4. The van der Waals surface area contributed by atoms with Gasteiger partial charge in [-0.2, -0.15) is 0 Å². The molecule has 0 aliphatic carbocycles. The molecule has 0 saturated carbocycles. The Balaban J connectivity index is 2.08. The zero-order valence-corrected chi connectivity index (χ0v) is 12.2. The number of rotatable bonds is 7. The SMILES string of the molecule is CCCNC(CCc1cccnc1)c1ccc(F)c(F)c1. The van der Waals surface area contributed by atoms with Crippen molar-refractivity contribution in [1.82, 2.24) is 10.3 Å². The minimum atomic E-state index is -0.805. The summed E-state index contributed by atoms with van der Waals surface area (Å²) in [7, 11) is 0. The first-order valence-corrected chi connectivity index (χ1v) is 7.28. The topological polar surface area (TPSA) is 24.9 Å². The van der Waals surface area contributed by atoms with Crippen LogP contribution in [0, 0.1) is 11.6 Å². The lowest BCUT2D eigenvalue weighted by Gasteiger charge is -2.19. The lowest BCUT2D eigenvalue weighted by Crippen LogP contribution is -2.23. The normalized spacial score (nSPS) is 12.3. The van der Waals surface area contributed by atoms with Crippen LogP contribution >= 0.6 is 0 Å². The molecule has 1 aromatic heterocycles. The first kappa shape index (κ1) is 15.6. The van der Waals surface area contributed by atoms with Crippen molar-refractivity contribution in [3.05, 3.63) is 65.5 Å². The van der Waals surface area contributed by atoms with Crippen LogP contribution < -0.4 is 5.32 Å². The Labute approximate surface area is 124 Å². The predicted octanol–water partition coefficient (Wildman–Crippen LogP) is 4.03. The van der Waals surface area contributed by atoms with Crippen molar-refractivity contribution in [2.75, 3.05) is 6.54 Å². The minimum Gasteiger partial charge on any atom is -0.310 e. The van der Waals surface area contributed by atoms with Crippen molar-refractivity contribution >= 4 is 0 Å². The Morgan fingerprint density at radius 3 is 2.71 bits per heavy atom. The fraction of sp³-hybridized carbons (Fsp3) is 0.353. The van der Waals surface area contributed by atoms with E-state index in [0.29, 0.717) is 0 Å². The van der Waals surface area contributed by atoms with E-state index in [1.807, 2.05) is 18.3 Å². The number of hydrogen-bond donors (Lipinski definition) is 1. The molecule has 1 aromatic carbocycles. The molecule has 0 amide bonds. The maximum absolute atomic E-state index is 13.4. The number of hydrogen-bond acceptors (Lipinski definition) is 2. The maximum Gasteiger partial charge on any atom is 0.159 e. The number of benzene rings is 1. The van der Waals surface area contributed by atoms with E-state index < -0.39 is 11.6 Å². The van der Waals surface area contributed by atoms with Gasteiger partial charge in [-0.25, -0.2) is 8.78 Å². The molecule has 2 rings (SSSR count). The zero-order chi connectivity index (χ0) is 15.1. The van der Waals surface area contributed by atoms with Gasteiger partial charge in [0.05, 0.1) is 0 Å². The quantitative estimate of drug-likeness (QED) is 0.832. The van der Waals surface area contributed by atoms with Gasteiger partial charge in [0.15, 0.2) is 11.6 Å². The zero-order valence-electron chi connectivity index (χ0n) is 12.2. The van der Waals surface area contributed by atoms with E-state index in [1.54, 1.807) is 12.3 Å². The van der Waals surface area contributed by atoms with Gasteiger partial charge in [-0.15, -0.1) is 0 Å². The first-order valence-electron chi connectivity index (χ1n) is 7.28. The summed E-state index contributed by atoms with van der Waals surface area (Å²) in [6.45, 7) is 2.92. The van der Waals surface area contributed by atoms with E-state index in [0.717, 1.165) is 36.9 Å². The molecule has 4 heteroatoms. The van der Waals surface area contributed by atoms with E-state index in [-0.39, 0.29) is 6.04 Å². The largest absolute Gasteiger partial charge is 0.310 e. The second-order valence-corrected chi connectivity index (χ2v) is 5.08. The Morgan fingerprint density at radius 2 is 2.05 bits per heavy atom. The molecule has 0 saturated heterocycles. The average molecular weight is 290 g/mol. The molecular weight excluding hydrogens is 270 g/mol. The number of halogens is 2. The number of aryl methyl sites for hydroxylation is 1. The molecule has 0 aliphatic rings. The standard InChI is InChI=1S/C17H20F2N2/c1-2-9-21-17(8-5-13-4-3-10-20-12-13)14-6-7-15(18)16(19)11-14/h3-4,6-7,10-12,17,21H,2,5,8-9H2,1H3. The van der Waals surface area contributed by atoms with Gasteiger partial charge in [0.2, 0.25) is 0 Å². The monoisotopic (exact) mass is 290 g/mol. The summed E-state index contributed by atoms with van der Waals surface area (Å²) < 4.78 is 26.5. The summed E-state index contributed by atoms with van der Waals surface area (Å²) in [6.07, 6.45) is 6.23. The summed E-state index contributed by atoms with van der Waals surface area (Å²) >= 11 is 0. The molecule has 1 N–H and O–H groups in total. The van der Waals surface area contributed by atoms with Crippen molar-refractivity contribution in [2.24, 2.45) is 0 Å². The van der Waals surface area contributed by atoms with Crippen LogP contribution in [0.2, 0.25) is 0 Å². The van der Waals surface area contributed by atoms with Gasteiger partial charge < -0.3 is 5.32 Å². The molecule has 1 unspecified atom stereocenters. The van der Waals surface area contributed by atoms with Crippen molar-refractivity contribution in [3.63, 3.8) is 0 Å². The van der Waals surface area contributed by atoms with Gasteiger partial charge in [0, 0.05) is 18.4 Å². The van der Waals surface area contributed by atoms with Gasteiger partial charge in [-0.05, 0) is 55.1 Å². The van der Waals surface area contributed by atoms with Crippen LogP contribution in [0.5, 0.6) is 0 Å². The molecule has 0 aliphatic heterocycles. The average Bonchev–Trinajstić information content (AvgIpc) is 2.51. The van der Waals surface area contributed by atoms with Gasteiger partial charge in [0.1, 0.15) is 0 Å². The van der Waals surface area contributed by atoms with Gasteiger partial charge in [-0.1, -0.05) is 19.1 Å². The molecule has 0 bridgehead atoms. The summed E-state index contributed by atoms with van der Waals surface area (Å²) in [5.74, 6) is -1.60. The molecule has 2 aromatic rings. The highest BCUT2D eigenvalue weighted by Gasteiger charge is 2.13. The smallest absolute Gasteiger partial charge is 0.159 e. The Bertz CT molecular complexity index is 558. The number of nitrogens with one attached hydrogen (secondary N) is 1. The third kappa shape index (κ3) is 4.60. The van der Waals surface area contributed by atoms with Crippen LogP contribution in [0.25, 0.3) is 0 Å². The highest BCUT2D eigenvalue weighted by Crippen LogP contribution is 2.21. The molecule has 1 heterocycles. The van der Waals surface area contributed by atoms with E-state index in [4.69, 9.17) is 0 Å². The number of aromatic nitrogens is 1. The summed E-state index contributed by atoms with van der Waals surface area (Å²) in [5, 5.41) is 3.39. The lowest BCUT2D eigenvalue weighted by atomic mass is 9.99. The van der Waals surface area contributed by atoms with Crippen LogP contribution in [0.3, 0.4) is 0 Å².